The van der Waals surface area contributed by atoms with Crippen LogP contribution >= 0.6 is 0 Å². The number of aryl methyl sites for hydroxylation is 1. The fraction of sp³-hybridized carbons (Fsp3) is 0.200. The molecule has 0 radical (unpaired) electrons. The standard InChI is InChI=1S/C15H16N2O3/c1-10-13(15(18)19-2)6-7-14(17-10)20-12-5-3-4-11(8-12)9-16/h3-8H,9,16H2,1-2H3. The van der Waals surface area contributed by atoms with E-state index in [1.807, 2.05) is 24.3 Å². The minimum absolute atomic E-state index is 0.410. The second kappa shape index (κ2) is 6.16. The molecule has 1 aromatic carbocycles. The van der Waals surface area contributed by atoms with Gasteiger partial charge in [0.2, 0.25) is 5.88 Å². The quantitative estimate of drug-likeness (QED) is 0.865. The molecule has 20 heavy (non-hydrogen) atoms. The number of rotatable bonds is 4. The van der Waals surface area contributed by atoms with Gasteiger partial charge in [-0.1, -0.05) is 12.1 Å². The van der Waals surface area contributed by atoms with Crippen LogP contribution in [0.25, 0.3) is 0 Å². The molecule has 1 heterocycles. The van der Waals surface area contributed by atoms with Gasteiger partial charge in [-0.2, -0.15) is 0 Å². The van der Waals surface area contributed by atoms with Gasteiger partial charge in [0.15, 0.2) is 0 Å². The summed E-state index contributed by atoms with van der Waals surface area (Å²) in [4.78, 5) is 15.7. The number of carbonyl (C=O) groups excluding carboxylic acids is 1. The zero-order valence-electron chi connectivity index (χ0n) is 11.4. The van der Waals surface area contributed by atoms with E-state index in [1.54, 1.807) is 19.1 Å². The molecule has 5 nitrogen and oxygen atoms in total. The van der Waals surface area contributed by atoms with Crippen LogP contribution in [0.2, 0.25) is 0 Å². The number of benzene rings is 1. The van der Waals surface area contributed by atoms with Gasteiger partial charge in [0.05, 0.1) is 18.4 Å². The molecule has 0 aliphatic rings. The summed E-state index contributed by atoms with van der Waals surface area (Å²) in [5.74, 6) is 0.668. The first-order valence-corrected chi connectivity index (χ1v) is 6.17. The number of nitrogens with zero attached hydrogens (tertiary/aromatic N) is 1. The van der Waals surface area contributed by atoms with Crippen LogP contribution in [0.15, 0.2) is 36.4 Å². The van der Waals surface area contributed by atoms with Gasteiger partial charge in [0.25, 0.3) is 0 Å². The van der Waals surface area contributed by atoms with Crippen molar-refractivity contribution < 1.29 is 14.3 Å². The van der Waals surface area contributed by atoms with Crippen molar-refractivity contribution in [2.75, 3.05) is 7.11 Å². The monoisotopic (exact) mass is 272 g/mol. The van der Waals surface area contributed by atoms with Crippen molar-refractivity contribution in [2.45, 2.75) is 13.5 Å². The number of methoxy groups -OCH3 is 1. The molecule has 0 amide bonds. The third-order valence-electron chi connectivity index (χ3n) is 2.82. The molecule has 0 spiro atoms. The van der Waals surface area contributed by atoms with Gasteiger partial charge in [-0.3, -0.25) is 0 Å². The minimum atomic E-state index is -0.410. The van der Waals surface area contributed by atoms with Gasteiger partial charge in [-0.15, -0.1) is 0 Å². The van der Waals surface area contributed by atoms with Crippen LogP contribution in [0, 0.1) is 6.92 Å². The SMILES string of the molecule is COC(=O)c1ccc(Oc2cccc(CN)c2)nc1C. The average Bonchev–Trinajstić information content (AvgIpc) is 2.47. The predicted octanol–water partition coefficient (Wildman–Crippen LogP) is 2.43. The summed E-state index contributed by atoms with van der Waals surface area (Å²) in [6.45, 7) is 2.18. The summed E-state index contributed by atoms with van der Waals surface area (Å²) in [7, 11) is 1.34. The number of hydrogen-bond acceptors (Lipinski definition) is 5. The van der Waals surface area contributed by atoms with E-state index in [0.717, 1.165) is 5.56 Å². The number of ether oxygens (including phenoxy) is 2. The molecule has 104 valence electrons. The lowest BCUT2D eigenvalue weighted by Gasteiger charge is -2.08. The highest BCUT2D eigenvalue weighted by Gasteiger charge is 2.11. The van der Waals surface area contributed by atoms with E-state index in [1.165, 1.54) is 7.11 Å². The molecule has 0 bridgehead atoms. The highest BCUT2D eigenvalue weighted by Crippen LogP contribution is 2.22. The van der Waals surface area contributed by atoms with Crippen molar-refractivity contribution in [3.8, 4) is 11.6 Å². The fourth-order valence-corrected chi connectivity index (χ4v) is 1.78. The van der Waals surface area contributed by atoms with Gasteiger partial charge in [0.1, 0.15) is 5.75 Å². The first-order valence-electron chi connectivity index (χ1n) is 6.17. The number of nitrogens with two attached hydrogens (primary N) is 1. The topological polar surface area (TPSA) is 74.4 Å². The summed E-state index contributed by atoms with van der Waals surface area (Å²) >= 11 is 0. The lowest BCUT2D eigenvalue weighted by Crippen LogP contribution is -2.05. The summed E-state index contributed by atoms with van der Waals surface area (Å²) in [5.41, 5.74) is 7.55. The second-order valence-corrected chi connectivity index (χ2v) is 4.23. The van der Waals surface area contributed by atoms with Gasteiger partial charge in [0, 0.05) is 12.6 Å². The van der Waals surface area contributed by atoms with Gasteiger partial charge in [-0.25, -0.2) is 9.78 Å². The van der Waals surface area contributed by atoms with Crippen LogP contribution in [0.5, 0.6) is 11.6 Å². The van der Waals surface area contributed by atoms with E-state index in [0.29, 0.717) is 29.4 Å². The summed E-state index contributed by atoms with van der Waals surface area (Å²) in [6, 6.07) is 10.7. The predicted molar refractivity (Wildman–Crippen MR) is 74.7 cm³/mol. The Labute approximate surface area is 117 Å². The van der Waals surface area contributed by atoms with Crippen LogP contribution < -0.4 is 10.5 Å². The molecular weight excluding hydrogens is 256 g/mol. The number of pyridine rings is 1. The Hall–Kier alpha value is -2.40. The maximum atomic E-state index is 11.5. The highest BCUT2D eigenvalue weighted by molar-refractivity contribution is 5.90. The van der Waals surface area contributed by atoms with Crippen molar-refractivity contribution in [2.24, 2.45) is 5.73 Å². The van der Waals surface area contributed by atoms with Crippen molar-refractivity contribution in [3.05, 3.63) is 53.2 Å². The third kappa shape index (κ3) is 3.13. The third-order valence-corrected chi connectivity index (χ3v) is 2.82. The minimum Gasteiger partial charge on any atom is -0.465 e. The molecule has 0 aliphatic heterocycles. The van der Waals surface area contributed by atoms with Crippen LogP contribution in [-0.4, -0.2) is 18.1 Å². The zero-order chi connectivity index (χ0) is 14.5. The smallest absolute Gasteiger partial charge is 0.339 e. The van der Waals surface area contributed by atoms with Crippen LogP contribution in [-0.2, 0) is 11.3 Å². The summed E-state index contributed by atoms with van der Waals surface area (Å²) < 4.78 is 10.3. The largest absolute Gasteiger partial charge is 0.465 e. The Bertz CT molecular complexity index is 626. The van der Waals surface area contributed by atoms with Crippen LogP contribution in [0.4, 0.5) is 0 Å². The van der Waals surface area contributed by atoms with Crippen molar-refractivity contribution >= 4 is 5.97 Å². The molecule has 5 heteroatoms. The fourth-order valence-electron chi connectivity index (χ4n) is 1.78. The van der Waals surface area contributed by atoms with Gasteiger partial charge >= 0.3 is 5.97 Å². The van der Waals surface area contributed by atoms with Crippen LogP contribution in [0.1, 0.15) is 21.6 Å². The molecule has 0 atom stereocenters. The van der Waals surface area contributed by atoms with Crippen LogP contribution in [0.3, 0.4) is 0 Å². The van der Waals surface area contributed by atoms with Crippen molar-refractivity contribution in [1.82, 2.24) is 4.98 Å². The maximum Gasteiger partial charge on any atom is 0.339 e. The lowest BCUT2D eigenvalue weighted by atomic mass is 10.2. The van der Waals surface area contributed by atoms with E-state index in [4.69, 9.17) is 10.5 Å². The molecule has 0 aliphatic carbocycles. The number of esters is 1. The Morgan fingerprint density at radius 2 is 2.10 bits per heavy atom. The lowest BCUT2D eigenvalue weighted by molar-refractivity contribution is 0.0599. The Balaban J connectivity index is 2.21. The molecule has 0 saturated heterocycles. The molecule has 0 saturated carbocycles. The molecule has 2 N–H and O–H groups in total. The highest BCUT2D eigenvalue weighted by atomic mass is 16.5. The van der Waals surface area contributed by atoms with Gasteiger partial charge in [-0.05, 0) is 30.7 Å². The summed E-state index contributed by atoms with van der Waals surface area (Å²) in [5, 5.41) is 0. The summed E-state index contributed by atoms with van der Waals surface area (Å²) in [6.07, 6.45) is 0. The number of aromatic nitrogens is 1. The molecule has 0 unspecified atom stereocenters. The zero-order valence-corrected chi connectivity index (χ0v) is 11.4. The Morgan fingerprint density at radius 1 is 1.30 bits per heavy atom. The molecule has 2 aromatic rings. The second-order valence-electron chi connectivity index (χ2n) is 4.23. The molecule has 1 aromatic heterocycles. The normalized spacial score (nSPS) is 10.2. The van der Waals surface area contributed by atoms with E-state index in [-0.39, 0.29) is 0 Å². The first kappa shape index (κ1) is 14.0. The van der Waals surface area contributed by atoms with E-state index in [2.05, 4.69) is 9.72 Å². The molecule has 2 rings (SSSR count). The number of hydrogen-bond donors (Lipinski definition) is 1. The maximum absolute atomic E-state index is 11.5. The Kier molecular flexibility index (Phi) is 4.32. The first-order chi connectivity index (χ1) is 9.63. The van der Waals surface area contributed by atoms with E-state index >= 15 is 0 Å². The van der Waals surface area contributed by atoms with Crippen molar-refractivity contribution in [3.63, 3.8) is 0 Å². The number of carbonyl (C=O) groups is 1. The molecule has 0 fully saturated rings. The Morgan fingerprint density at radius 3 is 2.75 bits per heavy atom. The van der Waals surface area contributed by atoms with Gasteiger partial charge < -0.3 is 15.2 Å². The van der Waals surface area contributed by atoms with Crippen molar-refractivity contribution in [1.29, 1.82) is 0 Å². The molecular formula is C15H16N2O3. The van der Waals surface area contributed by atoms with E-state index in [9.17, 15) is 4.79 Å². The average molecular weight is 272 g/mol. The van der Waals surface area contributed by atoms with E-state index < -0.39 is 5.97 Å².